The number of carbonyl (C=O) groups is 1. The number of carbonyl (C=O) groups excluding carboxylic acids is 1. The van der Waals surface area contributed by atoms with Crippen LogP contribution in [0, 0.1) is 5.92 Å². The second kappa shape index (κ2) is 5.96. The predicted octanol–water partition coefficient (Wildman–Crippen LogP) is 2.25. The molecule has 0 N–H and O–H groups in total. The Hall–Kier alpha value is -0.410. The molecule has 0 spiro atoms. The normalized spacial score (nSPS) is 32.6. The van der Waals surface area contributed by atoms with E-state index < -0.39 is 0 Å². The van der Waals surface area contributed by atoms with Crippen molar-refractivity contribution in [3.63, 3.8) is 0 Å². The third-order valence-electron chi connectivity index (χ3n) is 3.94. The smallest absolute Gasteiger partial charge is 0.149 e. The molecule has 0 radical (unpaired) electrons. The van der Waals surface area contributed by atoms with E-state index in [1.165, 1.54) is 19.3 Å². The predicted molar refractivity (Wildman–Crippen MR) is 68.0 cm³/mol. The first-order chi connectivity index (χ1) is 8.15. The van der Waals surface area contributed by atoms with Crippen LogP contribution in [0.2, 0.25) is 0 Å². The lowest BCUT2D eigenvalue weighted by Gasteiger charge is -2.35. The highest BCUT2D eigenvalue weighted by Crippen LogP contribution is 2.25. The fourth-order valence-electron chi connectivity index (χ4n) is 3.19. The summed E-state index contributed by atoms with van der Waals surface area (Å²) in [5.74, 6) is 0.809. The zero-order valence-electron chi connectivity index (χ0n) is 11.2. The maximum atomic E-state index is 12.2. The molecule has 2 rings (SSSR count). The van der Waals surface area contributed by atoms with Gasteiger partial charge in [-0.15, -0.1) is 0 Å². The molecule has 2 aliphatic rings. The molecule has 1 aliphatic heterocycles. The molecule has 0 unspecified atom stereocenters. The lowest BCUT2D eigenvalue weighted by atomic mass is 9.86. The third kappa shape index (κ3) is 3.78. The van der Waals surface area contributed by atoms with Crippen LogP contribution in [-0.4, -0.2) is 42.5 Å². The number of morpholine rings is 1. The van der Waals surface area contributed by atoms with Crippen molar-refractivity contribution in [1.29, 1.82) is 0 Å². The van der Waals surface area contributed by atoms with Gasteiger partial charge in [0.25, 0.3) is 0 Å². The first-order valence-electron chi connectivity index (χ1n) is 7.05. The molecular weight excluding hydrogens is 214 g/mol. The quantitative estimate of drug-likeness (QED) is 0.756. The van der Waals surface area contributed by atoms with Crippen LogP contribution in [0.5, 0.6) is 0 Å². The van der Waals surface area contributed by atoms with Crippen LogP contribution in [0.4, 0.5) is 0 Å². The molecule has 3 heteroatoms. The summed E-state index contributed by atoms with van der Waals surface area (Å²) in [7, 11) is 0. The maximum Gasteiger partial charge on any atom is 0.149 e. The van der Waals surface area contributed by atoms with Gasteiger partial charge >= 0.3 is 0 Å². The molecule has 2 atom stereocenters. The summed E-state index contributed by atoms with van der Waals surface area (Å²) in [6.45, 7) is 6.63. The lowest BCUT2D eigenvalue weighted by molar-refractivity contribution is -0.128. The molecule has 0 aromatic carbocycles. The number of Topliss-reactive ketones (excluding diaryl/α,β-unsaturated/α-hetero) is 1. The molecule has 17 heavy (non-hydrogen) atoms. The van der Waals surface area contributed by atoms with Gasteiger partial charge in [0.2, 0.25) is 0 Å². The van der Waals surface area contributed by atoms with Gasteiger partial charge in [-0.3, -0.25) is 9.69 Å². The van der Waals surface area contributed by atoms with Crippen molar-refractivity contribution in [2.45, 2.75) is 58.2 Å². The van der Waals surface area contributed by atoms with Crippen LogP contribution in [0.1, 0.15) is 46.0 Å². The van der Waals surface area contributed by atoms with E-state index in [1.807, 2.05) is 0 Å². The fourth-order valence-corrected chi connectivity index (χ4v) is 3.19. The minimum atomic E-state index is 0.262. The van der Waals surface area contributed by atoms with Gasteiger partial charge in [-0.1, -0.05) is 19.3 Å². The first kappa shape index (κ1) is 13.0. The van der Waals surface area contributed by atoms with Crippen LogP contribution in [-0.2, 0) is 9.53 Å². The molecule has 3 nitrogen and oxygen atoms in total. The summed E-state index contributed by atoms with van der Waals surface area (Å²) in [5.41, 5.74) is 0. The minimum absolute atomic E-state index is 0.262. The zero-order valence-corrected chi connectivity index (χ0v) is 11.2. The lowest BCUT2D eigenvalue weighted by Crippen LogP contribution is -2.48. The number of rotatable bonds is 3. The van der Waals surface area contributed by atoms with Crippen LogP contribution in [0.25, 0.3) is 0 Å². The molecule has 0 aromatic rings. The van der Waals surface area contributed by atoms with Gasteiger partial charge in [0.15, 0.2) is 0 Å². The Kier molecular flexibility index (Phi) is 4.57. The molecule has 0 aromatic heterocycles. The molecular formula is C14H25NO2. The summed E-state index contributed by atoms with van der Waals surface area (Å²) < 4.78 is 5.69. The molecule has 2 fully saturated rings. The van der Waals surface area contributed by atoms with Gasteiger partial charge in [-0.2, -0.15) is 0 Å². The minimum Gasteiger partial charge on any atom is -0.373 e. The second-order valence-corrected chi connectivity index (χ2v) is 5.75. The average molecular weight is 239 g/mol. The summed E-state index contributed by atoms with van der Waals surface area (Å²) in [4.78, 5) is 14.5. The fraction of sp³-hybridized carbons (Fsp3) is 0.929. The molecule has 1 saturated heterocycles. The van der Waals surface area contributed by atoms with Crippen molar-refractivity contribution in [3.8, 4) is 0 Å². The van der Waals surface area contributed by atoms with E-state index in [0.717, 1.165) is 25.9 Å². The second-order valence-electron chi connectivity index (χ2n) is 5.75. The Morgan fingerprint density at radius 2 is 1.71 bits per heavy atom. The molecule has 1 saturated carbocycles. The van der Waals surface area contributed by atoms with Crippen molar-refractivity contribution in [2.75, 3.05) is 19.6 Å². The van der Waals surface area contributed by atoms with E-state index in [0.29, 0.717) is 18.2 Å². The van der Waals surface area contributed by atoms with Gasteiger partial charge in [0, 0.05) is 19.0 Å². The number of ketones is 1. The topological polar surface area (TPSA) is 29.5 Å². The highest BCUT2D eigenvalue weighted by atomic mass is 16.5. The SMILES string of the molecule is C[C@@H]1CN(CC(=O)C2CCCCC2)C[C@H](C)O1. The highest BCUT2D eigenvalue weighted by molar-refractivity contribution is 5.83. The van der Waals surface area contributed by atoms with Gasteiger partial charge in [-0.25, -0.2) is 0 Å². The van der Waals surface area contributed by atoms with Crippen LogP contribution >= 0.6 is 0 Å². The summed E-state index contributed by atoms with van der Waals surface area (Å²) >= 11 is 0. The largest absolute Gasteiger partial charge is 0.373 e. The van der Waals surface area contributed by atoms with Gasteiger partial charge in [0.05, 0.1) is 18.8 Å². The highest BCUT2D eigenvalue weighted by Gasteiger charge is 2.27. The van der Waals surface area contributed by atoms with Crippen molar-refractivity contribution in [1.82, 2.24) is 4.90 Å². The van der Waals surface area contributed by atoms with Crippen LogP contribution in [0.15, 0.2) is 0 Å². The molecule has 0 bridgehead atoms. The van der Waals surface area contributed by atoms with E-state index in [2.05, 4.69) is 18.7 Å². The van der Waals surface area contributed by atoms with E-state index in [-0.39, 0.29) is 12.2 Å². The van der Waals surface area contributed by atoms with Gasteiger partial charge < -0.3 is 4.74 Å². The Morgan fingerprint density at radius 3 is 2.29 bits per heavy atom. The zero-order chi connectivity index (χ0) is 12.3. The van der Waals surface area contributed by atoms with Crippen LogP contribution < -0.4 is 0 Å². The summed E-state index contributed by atoms with van der Waals surface area (Å²) in [6.07, 6.45) is 6.56. The van der Waals surface area contributed by atoms with Crippen LogP contribution in [0.3, 0.4) is 0 Å². The maximum absolute atomic E-state index is 12.2. The summed E-state index contributed by atoms with van der Waals surface area (Å²) in [5, 5.41) is 0. The third-order valence-corrected chi connectivity index (χ3v) is 3.94. The van der Waals surface area contributed by atoms with Crippen molar-refractivity contribution < 1.29 is 9.53 Å². The molecule has 0 amide bonds. The van der Waals surface area contributed by atoms with E-state index in [9.17, 15) is 4.79 Å². The van der Waals surface area contributed by atoms with E-state index in [1.54, 1.807) is 0 Å². The Labute approximate surface area is 105 Å². The number of hydrogen-bond acceptors (Lipinski definition) is 3. The monoisotopic (exact) mass is 239 g/mol. The summed E-state index contributed by atoms with van der Waals surface area (Å²) in [6, 6.07) is 0. The van der Waals surface area contributed by atoms with Crippen molar-refractivity contribution in [3.05, 3.63) is 0 Å². The molecule has 1 aliphatic carbocycles. The molecule has 1 heterocycles. The Morgan fingerprint density at radius 1 is 1.12 bits per heavy atom. The Bertz CT molecular complexity index is 251. The van der Waals surface area contributed by atoms with E-state index in [4.69, 9.17) is 4.74 Å². The number of nitrogens with zero attached hydrogens (tertiary/aromatic N) is 1. The standard InChI is InChI=1S/C14H25NO2/c1-11-8-15(9-12(2)17-11)10-14(16)13-6-4-3-5-7-13/h11-13H,3-10H2,1-2H3/t11-,12+. The van der Waals surface area contributed by atoms with E-state index >= 15 is 0 Å². The Balaban J connectivity index is 1.80. The number of hydrogen-bond donors (Lipinski definition) is 0. The number of ether oxygens (including phenoxy) is 1. The van der Waals surface area contributed by atoms with Crippen molar-refractivity contribution >= 4 is 5.78 Å². The van der Waals surface area contributed by atoms with Gasteiger partial charge in [0.1, 0.15) is 5.78 Å². The molecule has 98 valence electrons. The van der Waals surface area contributed by atoms with Gasteiger partial charge in [-0.05, 0) is 26.7 Å². The first-order valence-corrected chi connectivity index (χ1v) is 7.05. The van der Waals surface area contributed by atoms with Crippen molar-refractivity contribution in [2.24, 2.45) is 5.92 Å². The average Bonchev–Trinajstić information content (AvgIpc) is 2.28.